The molecular weight excluding hydrogens is 363 g/mol. The van der Waals surface area contributed by atoms with E-state index >= 15 is 0 Å². The van der Waals surface area contributed by atoms with Crippen molar-refractivity contribution in [1.82, 2.24) is 16.0 Å². The molecule has 1 saturated carbocycles. The fraction of sp³-hybridized carbons (Fsp3) is 0.833. The molecule has 160 valence electrons. The molecule has 0 unspecified atom stereocenters. The summed E-state index contributed by atoms with van der Waals surface area (Å²) < 4.78 is 0. The fourth-order valence-corrected chi connectivity index (χ4v) is 3.32. The van der Waals surface area contributed by atoms with E-state index in [0.717, 1.165) is 32.1 Å². The third kappa shape index (κ3) is 7.77. The van der Waals surface area contributed by atoms with Crippen LogP contribution in [0.1, 0.15) is 59.8 Å². The van der Waals surface area contributed by atoms with Gasteiger partial charge in [-0.15, -0.1) is 0 Å². The number of carbonyl (C=O) groups excluding carboxylic acids is 3. The van der Waals surface area contributed by atoms with E-state index in [2.05, 4.69) is 16.0 Å². The molecule has 0 bridgehead atoms. The molecule has 1 aliphatic rings. The van der Waals surface area contributed by atoms with Crippen LogP contribution in [0, 0.1) is 11.3 Å². The molecule has 0 radical (unpaired) electrons. The maximum absolute atomic E-state index is 12.5. The molecule has 7 N–H and O–H groups in total. The van der Waals surface area contributed by atoms with Gasteiger partial charge in [-0.05, 0) is 31.1 Å². The van der Waals surface area contributed by atoms with Gasteiger partial charge in [0.25, 0.3) is 0 Å². The lowest BCUT2D eigenvalue weighted by Gasteiger charge is -2.32. The Bertz CT molecular complexity index is 547. The van der Waals surface area contributed by atoms with Gasteiger partial charge >= 0.3 is 7.12 Å². The SMILES string of the molecule is C[C@H](NC(=O)[C@@H](N)C1CCCCC1)C(=O)N[C@H](C(=O)NCB(O)O)C(C)(C)C. The summed E-state index contributed by atoms with van der Waals surface area (Å²) in [7, 11) is -1.68. The van der Waals surface area contributed by atoms with Crippen LogP contribution >= 0.6 is 0 Å². The summed E-state index contributed by atoms with van der Waals surface area (Å²) in [6.07, 6.45) is 4.77. The van der Waals surface area contributed by atoms with Gasteiger partial charge in [-0.2, -0.15) is 0 Å². The molecule has 1 rings (SSSR count). The Kier molecular flexibility index (Phi) is 9.39. The molecule has 0 heterocycles. The largest absolute Gasteiger partial charge is 0.472 e. The molecule has 3 amide bonds. The number of carbonyl (C=O) groups is 3. The van der Waals surface area contributed by atoms with Gasteiger partial charge in [0.2, 0.25) is 17.7 Å². The zero-order chi connectivity index (χ0) is 21.5. The quantitative estimate of drug-likeness (QED) is 0.290. The van der Waals surface area contributed by atoms with Crippen molar-refractivity contribution >= 4 is 24.8 Å². The summed E-state index contributed by atoms with van der Waals surface area (Å²) in [6.45, 7) is 6.86. The molecule has 0 aromatic rings. The van der Waals surface area contributed by atoms with E-state index in [-0.39, 0.29) is 18.3 Å². The number of hydrogen-bond donors (Lipinski definition) is 6. The van der Waals surface area contributed by atoms with Gasteiger partial charge in [0, 0.05) is 0 Å². The number of amides is 3. The second kappa shape index (κ2) is 10.8. The molecular formula is C18H35BN4O5. The Morgan fingerprint density at radius 1 is 1.04 bits per heavy atom. The molecule has 1 aliphatic carbocycles. The minimum Gasteiger partial charge on any atom is -0.426 e. The normalized spacial score (nSPS) is 18.5. The van der Waals surface area contributed by atoms with Gasteiger partial charge in [0.05, 0.1) is 12.5 Å². The fourth-order valence-electron chi connectivity index (χ4n) is 3.32. The van der Waals surface area contributed by atoms with Gasteiger partial charge in [-0.1, -0.05) is 40.0 Å². The minimum absolute atomic E-state index is 0.127. The highest BCUT2D eigenvalue weighted by atomic mass is 16.4. The van der Waals surface area contributed by atoms with Crippen molar-refractivity contribution in [2.75, 3.05) is 6.44 Å². The van der Waals surface area contributed by atoms with Crippen molar-refractivity contribution in [3.8, 4) is 0 Å². The average Bonchev–Trinajstić information content (AvgIpc) is 2.62. The second-order valence-corrected chi connectivity index (χ2v) is 8.69. The van der Waals surface area contributed by atoms with E-state index in [4.69, 9.17) is 15.8 Å². The van der Waals surface area contributed by atoms with E-state index in [1.165, 1.54) is 6.92 Å². The van der Waals surface area contributed by atoms with E-state index in [1.807, 2.05) is 0 Å². The second-order valence-electron chi connectivity index (χ2n) is 8.69. The summed E-state index contributed by atoms with van der Waals surface area (Å²) in [4.78, 5) is 37.3. The molecule has 1 fully saturated rings. The molecule has 0 saturated heterocycles. The van der Waals surface area contributed by atoms with Gasteiger partial charge in [-0.25, -0.2) is 0 Å². The van der Waals surface area contributed by atoms with Crippen LogP contribution in [0.2, 0.25) is 0 Å². The van der Waals surface area contributed by atoms with Crippen LogP contribution in [0.15, 0.2) is 0 Å². The minimum atomic E-state index is -1.68. The van der Waals surface area contributed by atoms with E-state index in [1.54, 1.807) is 20.8 Å². The van der Waals surface area contributed by atoms with Crippen LogP contribution < -0.4 is 21.7 Å². The van der Waals surface area contributed by atoms with Crippen LogP contribution in [0.4, 0.5) is 0 Å². The Hall–Kier alpha value is -1.65. The van der Waals surface area contributed by atoms with Crippen LogP contribution in [0.25, 0.3) is 0 Å². The smallest absolute Gasteiger partial charge is 0.426 e. The molecule has 0 aliphatic heterocycles. The van der Waals surface area contributed by atoms with Crippen molar-refractivity contribution < 1.29 is 24.4 Å². The number of nitrogens with one attached hydrogen (secondary N) is 3. The first-order valence-electron chi connectivity index (χ1n) is 9.93. The Morgan fingerprint density at radius 3 is 2.11 bits per heavy atom. The van der Waals surface area contributed by atoms with Crippen LogP contribution in [-0.2, 0) is 14.4 Å². The standard InChI is InChI=1S/C18H35BN4O5/c1-11(22-16(25)13(20)12-8-6-5-7-9-12)15(24)23-14(18(2,3)4)17(26)21-10-19(27)28/h11-14,27-28H,5-10,20H2,1-4H3,(H,21,26)(H,22,25)(H,23,24)/t11-,13-,14+/m0/s1. The van der Waals surface area contributed by atoms with Crippen molar-refractivity contribution in [2.24, 2.45) is 17.1 Å². The summed E-state index contributed by atoms with van der Waals surface area (Å²) in [5.74, 6) is -1.29. The van der Waals surface area contributed by atoms with Crippen molar-refractivity contribution in [1.29, 1.82) is 0 Å². The first-order chi connectivity index (χ1) is 12.9. The third-order valence-electron chi connectivity index (χ3n) is 5.09. The number of hydrogen-bond acceptors (Lipinski definition) is 6. The molecule has 28 heavy (non-hydrogen) atoms. The van der Waals surface area contributed by atoms with E-state index in [9.17, 15) is 14.4 Å². The van der Waals surface area contributed by atoms with Crippen molar-refractivity contribution in [3.05, 3.63) is 0 Å². The average molecular weight is 398 g/mol. The third-order valence-corrected chi connectivity index (χ3v) is 5.09. The van der Waals surface area contributed by atoms with Gasteiger partial charge in [-0.3, -0.25) is 14.4 Å². The molecule has 0 aromatic carbocycles. The maximum Gasteiger partial charge on any atom is 0.472 e. The van der Waals surface area contributed by atoms with Gasteiger partial charge in [0.1, 0.15) is 12.1 Å². The lowest BCUT2D eigenvalue weighted by molar-refractivity contribution is -0.134. The summed E-state index contributed by atoms with van der Waals surface area (Å²) in [5.41, 5.74) is 5.45. The zero-order valence-corrected chi connectivity index (χ0v) is 17.3. The first kappa shape index (κ1) is 24.4. The molecule has 10 heteroatoms. The lowest BCUT2D eigenvalue weighted by Crippen LogP contribution is -2.59. The topological polar surface area (TPSA) is 154 Å². The highest BCUT2D eigenvalue weighted by molar-refractivity contribution is 6.41. The predicted octanol–water partition coefficient (Wildman–Crippen LogP) is -0.942. The summed E-state index contributed by atoms with van der Waals surface area (Å²) in [6, 6.07) is -2.42. The highest BCUT2D eigenvalue weighted by Gasteiger charge is 2.35. The molecule has 0 aromatic heterocycles. The van der Waals surface area contributed by atoms with E-state index < -0.39 is 42.5 Å². The zero-order valence-electron chi connectivity index (χ0n) is 17.3. The summed E-state index contributed by atoms with van der Waals surface area (Å²) in [5, 5.41) is 25.5. The summed E-state index contributed by atoms with van der Waals surface area (Å²) >= 11 is 0. The Balaban J connectivity index is 2.65. The Morgan fingerprint density at radius 2 is 1.61 bits per heavy atom. The molecule has 0 spiro atoms. The predicted molar refractivity (Wildman–Crippen MR) is 107 cm³/mol. The number of rotatable bonds is 8. The van der Waals surface area contributed by atoms with E-state index in [0.29, 0.717) is 0 Å². The number of nitrogens with two attached hydrogens (primary N) is 1. The maximum atomic E-state index is 12.5. The first-order valence-corrected chi connectivity index (χ1v) is 9.93. The molecule has 9 nitrogen and oxygen atoms in total. The van der Waals surface area contributed by atoms with Gasteiger partial charge in [0.15, 0.2) is 0 Å². The van der Waals surface area contributed by atoms with Crippen molar-refractivity contribution in [3.63, 3.8) is 0 Å². The van der Waals surface area contributed by atoms with Crippen molar-refractivity contribution in [2.45, 2.75) is 77.9 Å². The monoisotopic (exact) mass is 398 g/mol. The van der Waals surface area contributed by atoms with Gasteiger partial charge < -0.3 is 31.7 Å². The van der Waals surface area contributed by atoms with Crippen LogP contribution in [0.3, 0.4) is 0 Å². The Labute approximate surface area is 167 Å². The van der Waals surface area contributed by atoms with Crippen LogP contribution in [0.5, 0.6) is 0 Å². The molecule has 3 atom stereocenters. The lowest BCUT2D eigenvalue weighted by atomic mass is 9.84. The highest BCUT2D eigenvalue weighted by Crippen LogP contribution is 2.25. The van der Waals surface area contributed by atoms with Crippen LogP contribution in [-0.4, -0.2) is 59.5 Å².